The standard InChI is InChI=1S/C27H31N3O5S/c1-20-10-12-22(13-11-20)18-29(21(2)27(32)28-3)26(31)19-30(23-8-6-5-7-9-23)36(33,34)25-16-14-24(35-4)15-17-25/h5-17,21H,18-19H2,1-4H3,(H,28,32)/t21-/m0/s1. The topological polar surface area (TPSA) is 96.0 Å². The Morgan fingerprint density at radius 1 is 0.944 bits per heavy atom. The van der Waals surface area contributed by atoms with E-state index in [2.05, 4.69) is 5.32 Å². The molecular weight excluding hydrogens is 478 g/mol. The first kappa shape index (κ1) is 26.7. The fourth-order valence-corrected chi connectivity index (χ4v) is 5.09. The maximum absolute atomic E-state index is 13.7. The molecule has 3 aromatic rings. The molecule has 0 aromatic heterocycles. The van der Waals surface area contributed by atoms with Gasteiger partial charge in [0.05, 0.1) is 17.7 Å². The van der Waals surface area contributed by atoms with Crippen LogP contribution in [0.1, 0.15) is 18.1 Å². The minimum Gasteiger partial charge on any atom is -0.497 e. The molecule has 0 heterocycles. The summed E-state index contributed by atoms with van der Waals surface area (Å²) in [6, 6.07) is 21.2. The van der Waals surface area contributed by atoms with Gasteiger partial charge in [-0.15, -0.1) is 0 Å². The molecule has 0 aliphatic rings. The van der Waals surface area contributed by atoms with Crippen molar-refractivity contribution in [2.75, 3.05) is 25.0 Å². The molecule has 0 aliphatic carbocycles. The van der Waals surface area contributed by atoms with Crippen molar-refractivity contribution in [1.82, 2.24) is 10.2 Å². The molecule has 9 heteroatoms. The van der Waals surface area contributed by atoms with Crippen molar-refractivity contribution in [3.05, 3.63) is 90.0 Å². The fraction of sp³-hybridized carbons (Fsp3) is 0.259. The Kier molecular flexibility index (Phi) is 8.71. The lowest BCUT2D eigenvalue weighted by Crippen LogP contribution is -2.50. The van der Waals surface area contributed by atoms with Crippen LogP contribution < -0.4 is 14.4 Å². The summed E-state index contributed by atoms with van der Waals surface area (Å²) >= 11 is 0. The minimum atomic E-state index is -4.11. The summed E-state index contributed by atoms with van der Waals surface area (Å²) in [5.74, 6) is -0.340. The lowest BCUT2D eigenvalue weighted by atomic mass is 10.1. The molecule has 0 saturated carbocycles. The van der Waals surface area contributed by atoms with Crippen LogP contribution in [-0.4, -0.2) is 51.9 Å². The van der Waals surface area contributed by atoms with Crippen LogP contribution in [0, 0.1) is 6.92 Å². The summed E-state index contributed by atoms with van der Waals surface area (Å²) in [6.07, 6.45) is 0. The van der Waals surface area contributed by atoms with E-state index in [1.165, 1.54) is 31.2 Å². The number of rotatable bonds is 10. The van der Waals surface area contributed by atoms with Gasteiger partial charge in [0.1, 0.15) is 18.3 Å². The average Bonchev–Trinajstić information content (AvgIpc) is 2.90. The van der Waals surface area contributed by atoms with Crippen molar-refractivity contribution in [1.29, 1.82) is 0 Å². The summed E-state index contributed by atoms with van der Waals surface area (Å²) < 4.78 is 33.6. The van der Waals surface area contributed by atoms with Crippen LogP contribution in [0.4, 0.5) is 5.69 Å². The fourth-order valence-electron chi connectivity index (χ4n) is 3.68. The number of nitrogens with zero attached hydrogens (tertiary/aromatic N) is 2. The first-order valence-electron chi connectivity index (χ1n) is 11.5. The Balaban J connectivity index is 1.99. The highest BCUT2D eigenvalue weighted by Crippen LogP contribution is 2.25. The number of benzene rings is 3. The Morgan fingerprint density at radius 3 is 2.11 bits per heavy atom. The summed E-state index contributed by atoms with van der Waals surface area (Å²) in [5.41, 5.74) is 2.23. The quantitative estimate of drug-likeness (QED) is 0.452. The number of amides is 2. The molecule has 8 nitrogen and oxygen atoms in total. The second-order valence-electron chi connectivity index (χ2n) is 8.32. The van der Waals surface area contributed by atoms with E-state index in [-0.39, 0.29) is 17.3 Å². The molecule has 0 spiro atoms. The normalized spacial score (nSPS) is 11.9. The van der Waals surface area contributed by atoms with Gasteiger partial charge >= 0.3 is 0 Å². The summed E-state index contributed by atoms with van der Waals surface area (Å²) in [5, 5.41) is 2.57. The maximum atomic E-state index is 13.7. The average molecular weight is 510 g/mol. The van der Waals surface area contributed by atoms with E-state index in [1.807, 2.05) is 31.2 Å². The van der Waals surface area contributed by atoms with Crippen LogP contribution >= 0.6 is 0 Å². The van der Waals surface area contributed by atoms with Crippen molar-refractivity contribution >= 4 is 27.5 Å². The zero-order valence-corrected chi connectivity index (χ0v) is 21.7. The molecule has 36 heavy (non-hydrogen) atoms. The number of ether oxygens (including phenoxy) is 1. The van der Waals surface area contributed by atoms with Gasteiger partial charge in [0, 0.05) is 13.6 Å². The summed E-state index contributed by atoms with van der Waals surface area (Å²) in [7, 11) is -1.12. The monoisotopic (exact) mass is 509 g/mol. The zero-order chi connectivity index (χ0) is 26.3. The molecule has 1 N–H and O–H groups in total. The maximum Gasteiger partial charge on any atom is 0.264 e. The third-order valence-electron chi connectivity index (χ3n) is 5.86. The van der Waals surface area contributed by atoms with Gasteiger partial charge < -0.3 is 15.0 Å². The van der Waals surface area contributed by atoms with Crippen LogP contribution in [0.3, 0.4) is 0 Å². The molecule has 0 radical (unpaired) electrons. The van der Waals surface area contributed by atoms with E-state index < -0.39 is 28.5 Å². The molecule has 2 amide bonds. The third-order valence-corrected chi connectivity index (χ3v) is 7.65. The first-order valence-corrected chi connectivity index (χ1v) is 12.9. The van der Waals surface area contributed by atoms with E-state index in [9.17, 15) is 18.0 Å². The zero-order valence-electron chi connectivity index (χ0n) is 20.8. The van der Waals surface area contributed by atoms with Crippen molar-refractivity contribution in [2.24, 2.45) is 0 Å². The number of hydrogen-bond acceptors (Lipinski definition) is 5. The number of anilines is 1. The summed E-state index contributed by atoms with van der Waals surface area (Å²) in [6.45, 7) is 3.25. The lowest BCUT2D eigenvalue weighted by Gasteiger charge is -2.31. The summed E-state index contributed by atoms with van der Waals surface area (Å²) in [4.78, 5) is 27.6. The molecule has 190 valence electrons. The van der Waals surface area contributed by atoms with E-state index in [0.717, 1.165) is 15.4 Å². The predicted octanol–water partition coefficient (Wildman–Crippen LogP) is 3.36. The van der Waals surface area contributed by atoms with Gasteiger partial charge in [0.15, 0.2) is 0 Å². The van der Waals surface area contributed by atoms with Crippen LogP contribution in [0.2, 0.25) is 0 Å². The number of methoxy groups -OCH3 is 1. The third kappa shape index (κ3) is 6.23. The van der Waals surface area contributed by atoms with Crippen LogP contribution in [-0.2, 0) is 26.2 Å². The molecule has 3 aromatic carbocycles. The molecular formula is C27H31N3O5S. The number of nitrogens with one attached hydrogen (secondary N) is 1. The Morgan fingerprint density at radius 2 is 1.56 bits per heavy atom. The van der Waals surface area contributed by atoms with Gasteiger partial charge in [-0.2, -0.15) is 0 Å². The second-order valence-corrected chi connectivity index (χ2v) is 10.2. The number of carbonyl (C=O) groups excluding carboxylic acids is 2. The highest BCUT2D eigenvalue weighted by molar-refractivity contribution is 7.92. The largest absolute Gasteiger partial charge is 0.497 e. The SMILES string of the molecule is CNC(=O)[C@H](C)N(Cc1ccc(C)cc1)C(=O)CN(c1ccccc1)S(=O)(=O)c1ccc(OC)cc1. The van der Waals surface area contributed by atoms with Gasteiger partial charge in [0.2, 0.25) is 11.8 Å². The molecule has 0 aliphatic heterocycles. The Labute approximate surface area is 212 Å². The van der Waals surface area contributed by atoms with Crippen molar-refractivity contribution < 1.29 is 22.7 Å². The highest BCUT2D eigenvalue weighted by atomic mass is 32.2. The molecule has 3 rings (SSSR count). The molecule has 0 unspecified atom stereocenters. The van der Waals surface area contributed by atoms with Crippen LogP contribution in [0.25, 0.3) is 0 Å². The lowest BCUT2D eigenvalue weighted by molar-refractivity contribution is -0.139. The highest BCUT2D eigenvalue weighted by Gasteiger charge is 2.32. The Hall–Kier alpha value is -3.85. The molecule has 0 saturated heterocycles. The number of hydrogen-bond donors (Lipinski definition) is 1. The van der Waals surface area contributed by atoms with E-state index in [1.54, 1.807) is 49.4 Å². The van der Waals surface area contributed by atoms with Gasteiger partial charge in [-0.05, 0) is 55.8 Å². The number of sulfonamides is 1. The van der Waals surface area contributed by atoms with Crippen molar-refractivity contribution in [3.63, 3.8) is 0 Å². The molecule has 0 bridgehead atoms. The first-order chi connectivity index (χ1) is 17.2. The predicted molar refractivity (Wildman–Crippen MR) is 139 cm³/mol. The van der Waals surface area contributed by atoms with Crippen molar-refractivity contribution in [3.8, 4) is 5.75 Å². The van der Waals surface area contributed by atoms with Crippen molar-refractivity contribution in [2.45, 2.75) is 31.3 Å². The van der Waals surface area contributed by atoms with Gasteiger partial charge in [-0.25, -0.2) is 8.42 Å². The number of para-hydroxylation sites is 1. The number of aryl methyl sites for hydroxylation is 1. The number of likely N-dealkylation sites (N-methyl/N-ethyl adjacent to an activating group) is 1. The van der Waals surface area contributed by atoms with Crippen LogP contribution in [0.15, 0.2) is 83.8 Å². The second kappa shape index (κ2) is 11.7. The van der Waals surface area contributed by atoms with Gasteiger partial charge in [0.25, 0.3) is 10.0 Å². The van der Waals surface area contributed by atoms with E-state index >= 15 is 0 Å². The minimum absolute atomic E-state index is 0.0180. The van der Waals surface area contributed by atoms with Gasteiger partial charge in [-0.1, -0.05) is 48.0 Å². The van der Waals surface area contributed by atoms with Crippen LogP contribution in [0.5, 0.6) is 5.75 Å². The smallest absolute Gasteiger partial charge is 0.264 e. The number of carbonyl (C=O) groups is 2. The molecule has 0 fully saturated rings. The Bertz CT molecular complexity index is 1280. The van der Waals surface area contributed by atoms with E-state index in [4.69, 9.17) is 4.74 Å². The van der Waals surface area contributed by atoms with E-state index in [0.29, 0.717) is 11.4 Å². The van der Waals surface area contributed by atoms with Gasteiger partial charge in [-0.3, -0.25) is 13.9 Å². The molecule has 1 atom stereocenters.